The molecule has 0 spiro atoms. The van der Waals surface area contributed by atoms with E-state index in [4.69, 9.17) is 0 Å². The van der Waals surface area contributed by atoms with Crippen LogP contribution in [0.4, 0.5) is 0 Å². The second kappa shape index (κ2) is 14.6. The van der Waals surface area contributed by atoms with Crippen molar-refractivity contribution in [3.8, 4) is 0 Å². The topological polar surface area (TPSA) is 0 Å². The van der Waals surface area contributed by atoms with E-state index in [1.807, 2.05) is 12.2 Å². The lowest BCUT2D eigenvalue weighted by Crippen LogP contribution is -1.92. The molecule has 0 aromatic heterocycles. The van der Waals surface area contributed by atoms with Crippen LogP contribution in [0.2, 0.25) is 0 Å². The van der Waals surface area contributed by atoms with Gasteiger partial charge in [-0.1, -0.05) is 135 Å². The monoisotopic (exact) mass is 458 g/mol. The van der Waals surface area contributed by atoms with Gasteiger partial charge in [0.05, 0.1) is 0 Å². The number of hydrogen-bond donors (Lipinski definition) is 0. The fraction of sp³-hybridized carbons (Fsp3) is 0.200. The van der Waals surface area contributed by atoms with Crippen molar-refractivity contribution in [1.29, 1.82) is 0 Å². The number of rotatable bonds is 10. The average molecular weight is 459 g/mol. The fourth-order valence-electron chi connectivity index (χ4n) is 4.23. The molecule has 0 nitrogen and oxygen atoms in total. The molecule has 0 heterocycles. The van der Waals surface area contributed by atoms with E-state index in [9.17, 15) is 0 Å². The van der Waals surface area contributed by atoms with Crippen LogP contribution < -0.4 is 0 Å². The molecule has 0 unspecified atom stereocenters. The SMILES string of the molecule is C=Cc1ccc(CCCCc2ccccc2)cc1.C=Cc1ccc(Cc2ccccc2)cc1CC. The van der Waals surface area contributed by atoms with Gasteiger partial charge in [0.25, 0.3) is 0 Å². The number of benzene rings is 4. The zero-order valence-corrected chi connectivity index (χ0v) is 21.1. The van der Waals surface area contributed by atoms with Crippen LogP contribution in [-0.4, -0.2) is 0 Å². The summed E-state index contributed by atoms with van der Waals surface area (Å²) in [7, 11) is 0. The summed E-state index contributed by atoms with van der Waals surface area (Å²) in [6.07, 6.45) is 10.8. The van der Waals surface area contributed by atoms with Crippen molar-refractivity contribution in [2.45, 2.75) is 45.4 Å². The van der Waals surface area contributed by atoms with Crippen LogP contribution in [0.15, 0.2) is 116 Å². The first-order chi connectivity index (χ1) is 17.2. The molecule has 0 aliphatic heterocycles. The van der Waals surface area contributed by atoms with Gasteiger partial charge in [0.1, 0.15) is 0 Å². The van der Waals surface area contributed by atoms with Gasteiger partial charge in [0.15, 0.2) is 0 Å². The molecule has 178 valence electrons. The van der Waals surface area contributed by atoms with E-state index < -0.39 is 0 Å². The van der Waals surface area contributed by atoms with Gasteiger partial charge in [0, 0.05) is 0 Å². The minimum absolute atomic E-state index is 1.01. The summed E-state index contributed by atoms with van der Waals surface area (Å²) < 4.78 is 0. The third-order valence-electron chi connectivity index (χ3n) is 6.30. The Morgan fingerprint density at radius 2 is 1.11 bits per heavy atom. The number of hydrogen-bond acceptors (Lipinski definition) is 0. The molecular formula is C35H38. The largest absolute Gasteiger partial charge is 0.0985 e. The van der Waals surface area contributed by atoms with Crippen LogP contribution in [0.25, 0.3) is 12.2 Å². The van der Waals surface area contributed by atoms with E-state index >= 15 is 0 Å². The van der Waals surface area contributed by atoms with Crippen molar-refractivity contribution < 1.29 is 0 Å². The molecule has 35 heavy (non-hydrogen) atoms. The van der Waals surface area contributed by atoms with Crippen molar-refractivity contribution in [3.63, 3.8) is 0 Å². The van der Waals surface area contributed by atoms with Gasteiger partial charge >= 0.3 is 0 Å². The minimum atomic E-state index is 1.01. The Balaban J connectivity index is 0.000000196. The number of aryl methyl sites for hydroxylation is 3. The summed E-state index contributed by atoms with van der Waals surface area (Å²) >= 11 is 0. The highest BCUT2D eigenvalue weighted by molar-refractivity contribution is 5.53. The highest BCUT2D eigenvalue weighted by atomic mass is 14.1. The molecule has 0 amide bonds. The highest BCUT2D eigenvalue weighted by Crippen LogP contribution is 2.17. The van der Waals surface area contributed by atoms with Gasteiger partial charge < -0.3 is 0 Å². The second-order valence-electron chi connectivity index (χ2n) is 8.89. The summed E-state index contributed by atoms with van der Waals surface area (Å²) in [5.74, 6) is 0. The van der Waals surface area contributed by atoms with E-state index in [0.717, 1.165) is 12.8 Å². The summed E-state index contributed by atoms with van der Waals surface area (Å²) in [6.45, 7) is 9.81. The molecule has 0 radical (unpaired) electrons. The zero-order valence-electron chi connectivity index (χ0n) is 21.1. The van der Waals surface area contributed by atoms with Crippen molar-refractivity contribution >= 4 is 12.2 Å². The molecule has 0 fully saturated rings. The first-order valence-electron chi connectivity index (χ1n) is 12.7. The molecule has 4 rings (SSSR count). The summed E-state index contributed by atoms with van der Waals surface area (Å²) in [6, 6.07) is 36.7. The Hall–Kier alpha value is -3.64. The smallest absolute Gasteiger partial charge is 0.00257 e. The molecule has 0 atom stereocenters. The first kappa shape index (κ1) is 26.0. The summed E-state index contributed by atoms with van der Waals surface area (Å²) in [5.41, 5.74) is 9.44. The molecule has 4 aromatic rings. The molecule has 0 heteroatoms. The van der Waals surface area contributed by atoms with Gasteiger partial charge in [-0.15, -0.1) is 0 Å². The maximum Gasteiger partial charge on any atom is -0.00257 e. The lowest BCUT2D eigenvalue weighted by molar-refractivity contribution is 0.734. The summed E-state index contributed by atoms with van der Waals surface area (Å²) in [4.78, 5) is 0. The molecule has 4 aromatic carbocycles. The molecule has 0 N–H and O–H groups in total. The van der Waals surface area contributed by atoms with E-state index in [0.29, 0.717) is 0 Å². The second-order valence-corrected chi connectivity index (χ2v) is 8.89. The summed E-state index contributed by atoms with van der Waals surface area (Å²) in [5, 5.41) is 0. The van der Waals surface area contributed by atoms with Crippen LogP contribution >= 0.6 is 0 Å². The quantitative estimate of drug-likeness (QED) is 0.208. The Morgan fingerprint density at radius 1 is 0.571 bits per heavy atom. The number of unbranched alkanes of at least 4 members (excludes halogenated alkanes) is 1. The maximum atomic E-state index is 3.85. The Bertz CT molecular complexity index is 1150. The lowest BCUT2D eigenvalue weighted by Gasteiger charge is -2.07. The third-order valence-corrected chi connectivity index (χ3v) is 6.30. The predicted octanol–water partition coefficient (Wildman–Crippen LogP) is 9.38. The Morgan fingerprint density at radius 3 is 1.66 bits per heavy atom. The van der Waals surface area contributed by atoms with Crippen LogP contribution in [0.1, 0.15) is 58.7 Å². The first-order valence-corrected chi connectivity index (χ1v) is 12.7. The van der Waals surface area contributed by atoms with Gasteiger partial charge in [-0.05, 0) is 77.5 Å². The molecule has 0 saturated carbocycles. The lowest BCUT2D eigenvalue weighted by atomic mass is 9.98. The Kier molecular flexibility index (Phi) is 10.8. The van der Waals surface area contributed by atoms with Crippen molar-refractivity contribution in [2.75, 3.05) is 0 Å². The average Bonchev–Trinajstić information content (AvgIpc) is 2.93. The van der Waals surface area contributed by atoms with Crippen molar-refractivity contribution in [2.24, 2.45) is 0 Å². The van der Waals surface area contributed by atoms with Crippen LogP contribution in [0.5, 0.6) is 0 Å². The van der Waals surface area contributed by atoms with Crippen LogP contribution in [-0.2, 0) is 25.7 Å². The van der Waals surface area contributed by atoms with E-state index in [2.05, 4.69) is 123 Å². The van der Waals surface area contributed by atoms with Crippen LogP contribution in [0.3, 0.4) is 0 Å². The van der Waals surface area contributed by atoms with Gasteiger partial charge in [-0.3, -0.25) is 0 Å². The van der Waals surface area contributed by atoms with E-state index in [1.165, 1.54) is 64.6 Å². The molecule has 0 aliphatic rings. The standard InChI is InChI=1S/C18H20.C17H18/c1-2-16-12-14-18(15-13-16)11-7-6-10-17-8-4-3-5-9-17;1-3-16-11-10-15(13-17(16)4-2)12-14-8-6-5-7-9-14/h2-5,8-9,12-15H,1,6-7,10-11H2;3,5-11,13H,1,4,12H2,2H3. The van der Waals surface area contributed by atoms with E-state index in [-0.39, 0.29) is 0 Å². The fourth-order valence-corrected chi connectivity index (χ4v) is 4.23. The predicted molar refractivity (Wildman–Crippen MR) is 155 cm³/mol. The van der Waals surface area contributed by atoms with E-state index in [1.54, 1.807) is 0 Å². The van der Waals surface area contributed by atoms with Gasteiger partial charge in [0.2, 0.25) is 0 Å². The normalized spacial score (nSPS) is 10.2. The molecule has 0 saturated heterocycles. The molecular weight excluding hydrogens is 420 g/mol. The van der Waals surface area contributed by atoms with Crippen molar-refractivity contribution in [1.82, 2.24) is 0 Å². The molecule has 0 bridgehead atoms. The van der Waals surface area contributed by atoms with Gasteiger partial charge in [-0.25, -0.2) is 0 Å². The maximum absolute atomic E-state index is 3.85. The minimum Gasteiger partial charge on any atom is -0.0985 e. The van der Waals surface area contributed by atoms with Crippen LogP contribution in [0, 0.1) is 0 Å². The Labute approximate surface area is 212 Å². The highest BCUT2D eigenvalue weighted by Gasteiger charge is 2.01. The molecule has 0 aliphatic carbocycles. The van der Waals surface area contributed by atoms with Gasteiger partial charge in [-0.2, -0.15) is 0 Å². The zero-order chi connectivity index (χ0) is 24.7. The van der Waals surface area contributed by atoms with Crippen molar-refractivity contribution in [3.05, 3.63) is 155 Å². The third kappa shape index (κ3) is 8.91.